The molecule has 0 bridgehead atoms. The molecular formula is C24H23Cl2N5O4. The van der Waals surface area contributed by atoms with Crippen LogP contribution < -0.4 is 21.3 Å². The van der Waals surface area contributed by atoms with Crippen LogP contribution in [0.5, 0.6) is 0 Å². The lowest BCUT2D eigenvalue weighted by Crippen LogP contribution is -2.42. The maximum absolute atomic E-state index is 12.5. The van der Waals surface area contributed by atoms with E-state index in [0.29, 0.717) is 24.3 Å². The predicted octanol–water partition coefficient (Wildman–Crippen LogP) is 4.05. The van der Waals surface area contributed by atoms with Gasteiger partial charge < -0.3 is 26.4 Å². The van der Waals surface area contributed by atoms with Crippen molar-refractivity contribution in [3.63, 3.8) is 0 Å². The molecule has 1 heterocycles. The number of amides is 3. The quantitative estimate of drug-likeness (QED) is 0.259. The predicted molar refractivity (Wildman–Crippen MR) is 135 cm³/mol. The zero-order valence-electron chi connectivity index (χ0n) is 18.4. The van der Waals surface area contributed by atoms with Gasteiger partial charge in [0.15, 0.2) is 0 Å². The Hall–Kier alpha value is -3.82. The van der Waals surface area contributed by atoms with Crippen LogP contribution in [0.3, 0.4) is 0 Å². The summed E-state index contributed by atoms with van der Waals surface area (Å²) in [7, 11) is 0. The summed E-state index contributed by atoms with van der Waals surface area (Å²) in [4.78, 5) is 40.5. The minimum absolute atomic E-state index is 0.0166. The molecule has 0 radical (unpaired) electrons. The van der Waals surface area contributed by atoms with Crippen LogP contribution in [0.1, 0.15) is 15.9 Å². The zero-order chi connectivity index (χ0) is 25.2. The molecule has 3 aromatic rings. The first-order valence-electron chi connectivity index (χ1n) is 10.6. The minimum atomic E-state index is -1.21. The Morgan fingerprint density at radius 3 is 2.26 bits per heavy atom. The maximum atomic E-state index is 12.5. The number of halogens is 2. The summed E-state index contributed by atoms with van der Waals surface area (Å²) in [5.41, 5.74) is 1.19. The summed E-state index contributed by atoms with van der Waals surface area (Å²) in [6.45, 7) is 0.890. The molecule has 0 saturated carbocycles. The number of nitrogens with zero attached hydrogens (tertiary/aromatic N) is 1. The van der Waals surface area contributed by atoms with Gasteiger partial charge in [0, 0.05) is 31.4 Å². The van der Waals surface area contributed by atoms with Crippen molar-refractivity contribution < 1.29 is 19.5 Å². The minimum Gasteiger partial charge on any atom is -0.480 e. The Morgan fingerprint density at radius 1 is 0.914 bits per heavy atom. The molecule has 0 fully saturated rings. The fourth-order valence-electron chi connectivity index (χ4n) is 3.11. The highest BCUT2D eigenvalue weighted by Gasteiger charge is 2.23. The summed E-state index contributed by atoms with van der Waals surface area (Å²) in [6, 6.07) is 15.1. The summed E-state index contributed by atoms with van der Waals surface area (Å²) in [6.07, 6.45) is 1.70. The lowest BCUT2D eigenvalue weighted by molar-refractivity contribution is -0.139. The van der Waals surface area contributed by atoms with Crippen LogP contribution >= 0.6 is 23.2 Å². The molecule has 0 saturated heterocycles. The smallest absolute Gasteiger partial charge is 0.326 e. The van der Waals surface area contributed by atoms with Gasteiger partial charge in [0.2, 0.25) is 0 Å². The van der Waals surface area contributed by atoms with Crippen LogP contribution in [-0.2, 0) is 11.2 Å². The fourth-order valence-corrected chi connectivity index (χ4v) is 3.68. The average molecular weight is 516 g/mol. The van der Waals surface area contributed by atoms with E-state index in [-0.39, 0.29) is 28.1 Å². The van der Waals surface area contributed by atoms with Gasteiger partial charge in [-0.15, -0.1) is 0 Å². The van der Waals surface area contributed by atoms with E-state index in [1.54, 1.807) is 36.5 Å². The van der Waals surface area contributed by atoms with Crippen molar-refractivity contribution in [1.82, 2.24) is 15.6 Å². The fraction of sp³-hybridized carbons (Fsp3) is 0.167. The third-order valence-electron chi connectivity index (χ3n) is 4.83. The first kappa shape index (κ1) is 25.8. The van der Waals surface area contributed by atoms with Crippen LogP contribution in [0.4, 0.5) is 16.3 Å². The van der Waals surface area contributed by atoms with Gasteiger partial charge in [-0.2, -0.15) is 0 Å². The number of urea groups is 1. The first-order chi connectivity index (χ1) is 16.8. The van der Waals surface area contributed by atoms with Crippen molar-refractivity contribution in [2.45, 2.75) is 12.5 Å². The van der Waals surface area contributed by atoms with E-state index in [1.807, 2.05) is 18.2 Å². The largest absolute Gasteiger partial charge is 0.480 e. The molecule has 1 aromatic heterocycles. The van der Waals surface area contributed by atoms with Gasteiger partial charge in [-0.25, -0.2) is 14.6 Å². The Labute approximate surface area is 211 Å². The van der Waals surface area contributed by atoms with E-state index >= 15 is 0 Å². The molecule has 1 atom stereocenters. The van der Waals surface area contributed by atoms with Gasteiger partial charge in [0.1, 0.15) is 11.9 Å². The molecule has 182 valence electrons. The summed E-state index contributed by atoms with van der Waals surface area (Å²) in [5, 5.41) is 20.8. The van der Waals surface area contributed by atoms with Crippen molar-refractivity contribution in [1.29, 1.82) is 0 Å². The molecule has 3 rings (SSSR count). The molecule has 3 amide bonds. The second kappa shape index (κ2) is 12.6. The number of benzene rings is 2. The highest BCUT2D eigenvalue weighted by atomic mass is 35.5. The van der Waals surface area contributed by atoms with Crippen LogP contribution in [0.15, 0.2) is 66.9 Å². The number of hydrogen-bond acceptors (Lipinski definition) is 5. The molecule has 2 aromatic carbocycles. The molecule has 9 nitrogen and oxygen atoms in total. The van der Waals surface area contributed by atoms with Crippen molar-refractivity contribution in [3.8, 4) is 0 Å². The SMILES string of the molecule is O=C(NCCNc1ccccn1)Nc1ccc(C[C@H](NC(=O)c2c(Cl)cccc2Cl)C(=O)O)cc1. The maximum Gasteiger partial charge on any atom is 0.326 e. The number of anilines is 2. The van der Waals surface area contributed by atoms with Gasteiger partial charge >= 0.3 is 12.0 Å². The third-order valence-corrected chi connectivity index (χ3v) is 5.46. The number of rotatable bonds is 10. The molecule has 0 aliphatic heterocycles. The zero-order valence-corrected chi connectivity index (χ0v) is 19.9. The molecule has 11 heteroatoms. The Balaban J connectivity index is 1.49. The van der Waals surface area contributed by atoms with Crippen LogP contribution in [-0.4, -0.2) is 47.1 Å². The highest BCUT2D eigenvalue weighted by molar-refractivity contribution is 6.39. The van der Waals surface area contributed by atoms with Crippen molar-refractivity contribution in [2.24, 2.45) is 0 Å². The van der Waals surface area contributed by atoms with Gasteiger partial charge in [-0.05, 0) is 42.0 Å². The molecular weight excluding hydrogens is 493 g/mol. The molecule has 0 aliphatic carbocycles. The highest BCUT2D eigenvalue weighted by Crippen LogP contribution is 2.24. The number of aliphatic carboxylic acids is 1. The van der Waals surface area contributed by atoms with Gasteiger partial charge in [0.25, 0.3) is 5.91 Å². The van der Waals surface area contributed by atoms with Gasteiger partial charge in [-0.1, -0.05) is 47.5 Å². The van der Waals surface area contributed by atoms with E-state index < -0.39 is 17.9 Å². The number of hydrogen-bond donors (Lipinski definition) is 5. The number of carboxylic acid groups (broad SMARTS) is 1. The summed E-state index contributed by atoms with van der Waals surface area (Å²) >= 11 is 12.1. The van der Waals surface area contributed by atoms with E-state index in [4.69, 9.17) is 23.2 Å². The molecule has 35 heavy (non-hydrogen) atoms. The monoisotopic (exact) mass is 515 g/mol. The summed E-state index contributed by atoms with van der Waals surface area (Å²) in [5.74, 6) is -1.17. The van der Waals surface area contributed by atoms with E-state index in [0.717, 1.165) is 5.82 Å². The molecule has 5 N–H and O–H groups in total. The number of aromatic nitrogens is 1. The van der Waals surface area contributed by atoms with Crippen molar-refractivity contribution in [2.75, 3.05) is 23.7 Å². The number of carbonyl (C=O) groups excluding carboxylic acids is 2. The van der Waals surface area contributed by atoms with Crippen molar-refractivity contribution in [3.05, 3.63) is 88.0 Å². The Morgan fingerprint density at radius 2 is 1.63 bits per heavy atom. The van der Waals surface area contributed by atoms with Crippen LogP contribution in [0, 0.1) is 0 Å². The average Bonchev–Trinajstić information content (AvgIpc) is 2.83. The standard InChI is InChI=1S/C24H23Cl2N5O4/c25-17-4-3-5-18(26)21(17)22(32)31-19(23(33)34)14-15-7-9-16(10-8-15)30-24(35)29-13-12-28-20-6-1-2-11-27-20/h1-11,19H,12-14H2,(H,27,28)(H,31,32)(H,33,34)(H2,29,30,35)/t19-/m0/s1. The van der Waals surface area contributed by atoms with Gasteiger partial charge in [0.05, 0.1) is 15.6 Å². The van der Waals surface area contributed by atoms with E-state index in [2.05, 4.69) is 26.3 Å². The number of pyridine rings is 1. The lowest BCUT2D eigenvalue weighted by Gasteiger charge is -2.16. The molecule has 0 spiro atoms. The van der Waals surface area contributed by atoms with Crippen LogP contribution in [0.25, 0.3) is 0 Å². The molecule has 0 unspecified atom stereocenters. The Bertz CT molecular complexity index is 1160. The normalized spacial score (nSPS) is 11.3. The van der Waals surface area contributed by atoms with Crippen molar-refractivity contribution >= 4 is 52.6 Å². The topological polar surface area (TPSA) is 132 Å². The van der Waals surface area contributed by atoms with Crippen LogP contribution in [0.2, 0.25) is 10.0 Å². The Kier molecular flexibility index (Phi) is 9.28. The first-order valence-corrected chi connectivity index (χ1v) is 11.4. The molecule has 0 aliphatic rings. The second-order valence-electron chi connectivity index (χ2n) is 7.38. The second-order valence-corrected chi connectivity index (χ2v) is 8.20. The lowest BCUT2D eigenvalue weighted by atomic mass is 10.0. The van der Waals surface area contributed by atoms with E-state index in [1.165, 1.54) is 12.1 Å². The van der Waals surface area contributed by atoms with Gasteiger partial charge in [-0.3, -0.25) is 4.79 Å². The summed E-state index contributed by atoms with van der Waals surface area (Å²) < 4.78 is 0. The third kappa shape index (κ3) is 7.87. The number of carboxylic acids is 1. The van der Waals surface area contributed by atoms with E-state index in [9.17, 15) is 19.5 Å². The number of carbonyl (C=O) groups is 3. The number of nitrogens with one attached hydrogen (secondary N) is 4.